The molecule has 1 rings (SSSR count). The van der Waals surface area contributed by atoms with Gasteiger partial charge >= 0.3 is 0 Å². The van der Waals surface area contributed by atoms with Crippen LogP contribution in [-0.4, -0.2) is 48.9 Å². The molecule has 46 heavy (non-hydrogen) atoms. The third kappa shape index (κ3) is 21.3. The van der Waals surface area contributed by atoms with Crippen molar-refractivity contribution in [1.82, 2.24) is 5.32 Å². The Balaban J connectivity index is 2.24. The number of aliphatic imine (C=N–C) groups is 1. The third-order valence-corrected chi connectivity index (χ3v) is 7.83. The van der Waals surface area contributed by atoms with E-state index in [1.54, 1.807) is 6.92 Å². The highest BCUT2D eigenvalue weighted by atomic mass is 16.1. The van der Waals surface area contributed by atoms with E-state index in [1.165, 1.54) is 83.5 Å². The summed E-state index contributed by atoms with van der Waals surface area (Å²) < 4.78 is 0.671. The summed E-state index contributed by atoms with van der Waals surface area (Å²) in [7, 11) is 0. The molecule has 0 aromatic carbocycles. The highest BCUT2D eigenvalue weighted by molar-refractivity contribution is 5.94. The molecule has 4 heteroatoms. The van der Waals surface area contributed by atoms with Crippen molar-refractivity contribution in [3.8, 4) is 94.7 Å². The maximum atomic E-state index is 12.4. The number of amides is 1. The van der Waals surface area contributed by atoms with Crippen LogP contribution in [0.5, 0.6) is 0 Å². The first kappa shape index (κ1) is 39.6. The summed E-state index contributed by atoms with van der Waals surface area (Å²) >= 11 is 0. The largest absolute Gasteiger partial charge is 0.350 e. The van der Waals surface area contributed by atoms with Gasteiger partial charge in [-0.25, -0.2) is 4.99 Å². The number of likely N-dealkylation sites (N-methyl/N-ethyl adjacent to an activating group) is 1. The van der Waals surface area contributed by atoms with Crippen LogP contribution in [0.4, 0.5) is 0 Å². The molecule has 0 saturated carbocycles. The Morgan fingerprint density at radius 1 is 0.630 bits per heavy atom. The van der Waals surface area contributed by atoms with Crippen molar-refractivity contribution < 1.29 is 9.28 Å². The van der Waals surface area contributed by atoms with Crippen LogP contribution in [0.1, 0.15) is 124 Å². The number of carbonyl (C=O) groups is 1. The number of nitrogens with one attached hydrogen (secondary N) is 1. The van der Waals surface area contributed by atoms with Gasteiger partial charge in [0.25, 0.3) is 5.84 Å². The molecule has 1 amide bonds. The predicted molar refractivity (Wildman–Crippen MR) is 193 cm³/mol. The molecule has 1 atom stereocenters. The van der Waals surface area contributed by atoms with Crippen molar-refractivity contribution in [2.75, 3.05) is 32.7 Å². The molecule has 0 aromatic heterocycles. The van der Waals surface area contributed by atoms with E-state index in [1.807, 2.05) is 0 Å². The Kier molecular flexibility index (Phi) is 25.2. The van der Waals surface area contributed by atoms with Crippen LogP contribution >= 0.6 is 0 Å². The van der Waals surface area contributed by atoms with Gasteiger partial charge in [-0.3, -0.25) is 9.28 Å². The zero-order valence-corrected chi connectivity index (χ0v) is 28.7. The standard InChI is InChI=1S/C42H51N3O/c1-4-7-9-11-13-15-17-19-21-23-25-27-29-31-33-35-41-43-37-39-45(41,6-3)40-38-44-42(46)36-34-32-30-28-26-24-22-20-18-16-14-12-10-8-5-2/h5-6,8,10,12,14,16,18,20,22,24,26,28,30,32,34,36-40H2,1-3H3/p+1. The second kappa shape index (κ2) is 29.3. The SMILES string of the molecule is CC#CC#CC#CC#CC#CC#CC#CC#CC1=NCC[N+]1(CC)CCNC(=O)CCCCCCCCCCCCCCCCC. The minimum absolute atomic E-state index is 0.145. The molecular weight excluding hydrogens is 562 g/mol. The zero-order chi connectivity index (χ0) is 33.2. The summed E-state index contributed by atoms with van der Waals surface area (Å²) in [4.78, 5) is 17.0. The smallest absolute Gasteiger partial charge is 0.277 e. The topological polar surface area (TPSA) is 41.5 Å². The first-order chi connectivity index (χ1) is 22.7. The number of amidine groups is 1. The summed E-state index contributed by atoms with van der Waals surface area (Å²) in [6, 6.07) is 0. The maximum Gasteiger partial charge on any atom is 0.277 e. The van der Waals surface area contributed by atoms with Gasteiger partial charge in [0.2, 0.25) is 5.91 Å². The second-order valence-electron chi connectivity index (χ2n) is 11.3. The summed E-state index contributed by atoms with van der Waals surface area (Å²) in [5.41, 5.74) is 0. The minimum Gasteiger partial charge on any atom is -0.350 e. The molecule has 0 aliphatic carbocycles. The van der Waals surface area contributed by atoms with Crippen molar-refractivity contribution in [2.24, 2.45) is 4.99 Å². The van der Waals surface area contributed by atoms with Gasteiger partial charge in [0, 0.05) is 12.3 Å². The van der Waals surface area contributed by atoms with Crippen LogP contribution in [0.25, 0.3) is 0 Å². The third-order valence-electron chi connectivity index (χ3n) is 7.83. The van der Waals surface area contributed by atoms with Gasteiger partial charge in [-0.1, -0.05) is 103 Å². The number of hydrogen-bond acceptors (Lipinski definition) is 2. The normalized spacial score (nSPS) is 13.5. The zero-order valence-electron chi connectivity index (χ0n) is 28.7. The van der Waals surface area contributed by atoms with Gasteiger partial charge < -0.3 is 5.32 Å². The highest BCUT2D eigenvalue weighted by Crippen LogP contribution is 2.15. The molecule has 1 aliphatic rings. The lowest BCUT2D eigenvalue weighted by Crippen LogP contribution is -2.53. The van der Waals surface area contributed by atoms with Crippen molar-refractivity contribution in [3.05, 3.63) is 0 Å². The Labute approximate surface area is 281 Å². The summed E-state index contributed by atoms with van der Waals surface area (Å²) in [5, 5.41) is 3.12. The number of carbonyl (C=O) groups excluding carboxylic acids is 1. The minimum atomic E-state index is 0.145. The van der Waals surface area contributed by atoms with Crippen LogP contribution < -0.4 is 5.32 Å². The molecule has 0 saturated heterocycles. The first-order valence-electron chi connectivity index (χ1n) is 17.3. The molecule has 240 valence electrons. The van der Waals surface area contributed by atoms with Crippen LogP contribution in [-0.2, 0) is 4.79 Å². The number of nitrogens with zero attached hydrogens (tertiary/aromatic N) is 2. The lowest BCUT2D eigenvalue weighted by molar-refractivity contribution is -0.830. The molecule has 0 aromatic rings. The van der Waals surface area contributed by atoms with Gasteiger partial charge in [-0.15, -0.1) is 0 Å². The van der Waals surface area contributed by atoms with Gasteiger partial charge in [-0.2, -0.15) is 0 Å². The number of quaternary nitrogens is 1. The Morgan fingerprint density at radius 3 is 1.52 bits per heavy atom. The molecule has 0 bridgehead atoms. The monoisotopic (exact) mass is 614 g/mol. The lowest BCUT2D eigenvalue weighted by Gasteiger charge is -2.31. The van der Waals surface area contributed by atoms with Crippen LogP contribution in [0.3, 0.4) is 0 Å². The van der Waals surface area contributed by atoms with Gasteiger partial charge in [0.15, 0.2) is 0 Å². The molecule has 0 radical (unpaired) electrons. The quantitative estimate of drug-likeness (QED) is 0.0930. The molecule has 0 fully saturated rings. The molecule has 0 spiro atoms. The molecule has 4 nitrogen and oxygen atoms in total. The summed E-state index contributed by atoms with van der Waals surface area (Å²) in [6.07, 6.45) is 20.5. The Hall–Kier alpha value is -4.42. The first-order valence-corrected chi connectivity index (χ1v) is 17.3. The summed E-state index contributed by atoms with van der Waals surface area (Å²) in [5.74, 6) is 43.5. The second-order valence-corrected chi connectivity index (χ2v) is 11.3. The number of hydrogen-bond donors (Lipinski definition) is 1. The molecule has 1 N–H and O–H groups in total. The number of unbranched alkanes of at least 4 members (excludes halogenated alkanes) is 14. The fourth-order valence-corrected chi connectivity index (χ4v) is 5.12. The van der Waals surface area contributed by atoms with Gasteiger partial charge in [0.1, 0.15) is 13.1 Å². The molecule has 1 heterocycles. The Morgan fingerprint density at radius 2 is 1.07 bits per heavy atom. The van der Waals surface area contributed by atoms with Crippen molar-refractivity contribution in [1.29, 1.82) is 0 Å². The van der Waals surface area contributed by atoms with Gasteiger partial charge in [-0.05, 0) is 103 Å². The molecule has 1 aliphatic heterocycles. The predicted octanol–water partition coefficient (Wildman–Crippen LogP) is 6.66. The van der Waals surface area contributed by atoms with E-state index >= 15 is 0 Å². The van der Waals surface area contributed by atoms with Crippen LogP contribution in [0, 0.1) is 94.7 Å². The fraction of sp³-hybridized carbons (Fsp3) is 0.571. The Bertz CT molecular complexity index is 1460. The maximum absolute atomic E-state index is 12.4. The molecule has 1 unspecified atom stereocenters. The average Bonchev–Trinajstić information content (AvgIpc) is 3.47. The highest BCUT2D eigenvalue weighted by Gasteiger charge is 2.35. The number of rotatable bonds is 20. The molecular formula is C42H52N3O+. The van der Waals surface area contributed by atoms with Crippen molar-refractivity contribution >= 4 is 11.7 Å². The average molecular weight is 615 g/mol. The van der Waals surface area contributed by atoms with E-state index in [0.29, 0.717) is 17.4 Å². The lowest BCUT2D eigenvalue weighted by atomic mass is 10.0. The summed E-state index contributed by atoms with van der Waals surface area (Å²) in [6.45, 7) is 10.0. The van der Waals surface area contributed by atoms with Gasteiger partial charge in [0.05, 0.1) is 19.6 Å². The van der Waals surface area contributed by atoms with Crippen LogP contribution in [0.2, 0.25) is 0 Å². The van der Waals surface area contributed by atoms with E-state index in [2.05, 4.69) is 119 Å². The van der Waals surface area contributed by atoms with Crippen molar-refractivity contribution in [3.63, 3.8) is 0 Å². The van der Waals surface area contributed by atoms with Crippen molar-refractivity contribution in [2.45, 2.75) is 124 Å². The van der Waals surface area contributed by atoms with E-state index in [0.717, 1.165) is 44.9 Å². The van der Waals surface area contributed by atoms with E-state index < -0.39 is 0 Å². The van der Waals surface area contributed by atoms with E-state index in [4.69, 9.17) is 0 Å². The van der Waals surface area contributed by atoms with E-state index in [9.17, 15) is 4.79 Å². The van der Waals surface area contributed by atoms with Crippen LogP contribution in [0.15, 0.2) is 4.99 Å². The fourth-order valence-electron chi connectivity index (χ4n) is 5.12. The van der Waals surface area contributed by atoms with E-state index in [-0.39, 0.29) is 5.91 Å².